The number of hydrogen-bond donors (Lipinski definition) is 2. The minimum absolute atomic E-state index is 0.00410. The maximum Gasteiger partial charge on any atom is 0.259 e. The molecule has 1 aromatic carbocycles. The largest absolute Gasteiger partial charge is 0.616 e. The van der Waals surface area contributed by atoms with Gasteiger partial charge < -0.3 is 29.7 Å². The maximum absolute atomic E-state index is 14.9. The highest BCUT2D eigenvalue weighted by atomic mass is 32.2. The van der Waals surface area contributed by atoms with Crippen molar-refractivity contribution in [2.24, 2.45) is 0 Å². The van der Waals surface area contributed by atoms with Crippen LogP contribution in [0.4, 0.5) is 22.0 Å². The molecule has 2 fully saturated rings. The highest BCUT2D eigenvalue weighted by Crippen LogP contribution is 2.27. The number of benzene rings is 1. The molecule has 0 saturated carbocycles. The topological polar surface area (TPSA) is 146 Å². The number of nitrogen functional groups attached to an aromatic ring is 1. The molecule has 0 aliphatic carbocycles. The first-order valence-electron chi connectivity index (χ1n) is 13.0. The van der Waals surface area contributed by atoms with Crippen LogP contribution in [-0.2, 0) is 11.2 Å². The van der Waals surface area contributed by atoms with Crippen LogP contribution in [0.1, 0.15) is 12.8 Å². The van der Waals surface area contributed by atoms with Gasteiger partial charge in [0.1, 0.15) is 29.2 Å². The summed E-state index contributed by atoms with van der Waals surface area (Å²) in [6.07, 6.45) is 3.04. The number of piperazine rings is 1. The first kappa shape index (κ1) is 25.6. The summed E-state index contributed by atoms with van der Waals surface area (Å²) in [6.45, 7) is 4.43. The van der Waals surface area contributed by atoms with Crippen LogP contribution in [0.5, 0.6) is 5.75 Å². The van der Waals surface area contributed by atoms with Gasteiger partial charge in [0.05, 0.1) is 12.0 Å². The van der Waals surface area contributed by atoms with Gasteiger partial charge in [-0.1, -0.05) is 11.2 Å². The lowest BCUT2D eigenvalue weighted by Gasteiger charge is -2.36. The number of fused-ring (bicyclic) bond motifs is 1. The summed E-state index contributed by atoms with van der Waals surface area (Å²) < 4.78 is 39.1. The molecule has 6 rings (SSSR count). The lowest BCUT2D eigenvalue weighted by molar-refractivity contribution is 0.189. The molecule has 0 atom stereocenters. The van der Waals surface area contributed by atoms with E-state index < -0.39 is 11.2 Å². The lowest BCUT2D eigenvalue weighted by Crippen LogP contribution is -2.48. The van der Waals surface area contributed by atoms with Crippen molar-refractivity contribution >= 4 is 34.5 Å². The Hall–Kier alpha value is -3.62. The van der Waals surface area contributed by atoms with Crippen molar-refractivity contribution < 1.29 is 18.1 Å². The van der Waals surface area contributed by atoms with Crippen LogP contribution in [-0.4, -0.2) is 90.9 Å². The van der Waals surface area contributed by atoms with E-state index in [9.17, 15) is 8.94 Å². The van der Waals surface area contributed by atoms with Crippen LogP contribution >= 0.6 is 0 Å². The molecule has 4 aromatic rings. The Morgan fingerprint density at radius 3 is 2.69 bits per heavy atom. The summed E-state index contributed by atoms with van der Waals surface area (Å²) in [5.41, 5.74) is 6.64. The Labute approximate surface area is 227 Å². The molecule has 14 heteroatoms. The zero-order valence-corrected chi connectivity index (χ0v) is 22.1. The van der Waals surface area contributed by atoms with Crippen molar-refractivity contribution in [1.29, 1.82) is 0 Å². The molecule has 12 nitrogen and oxygen atoms in total. The second-order valence-corrected chi connectivity index (χ2v) is 11.3. The molecule has 3 N–H and O–H groups in total. The van der Waals surface area contributed by atoms with Gasteiger partial charge in [0.25, 0.3) is 5.78 Å². The number of anilines is 3. The summed E-state index contributed by atoms with van der Waals surface area (Å²) in [4.78, 5) is 17.4. The fraction of sp³-hybridized carbons (Fsp3) is 0.440. The number of nitrogens with one attached hydrogen (secondary N) is 1. The van der Waals surface area contributed by atoms with Crippen molar-refractivity contribution in [3.05, 3.63) is 42.4 Å². The molecule has 0 unspecified atom stereocenters. The van der Waals surface area contributed by atoms with E-state index in [1.165, 1.54) is 10.6 Å². The molecular formula is C25H30FN9O3S. The quantitative estimate of drug-likeness (QED) is 0.308. The summed E-state index contributed by atoms with van der Waals surface area (Å²) in [7, 11) is 0. The van der Waals surface area contributed by atoms with Crippen molar-refractivity contribution in [3.8, 4) is 17.3 Å². The molecule has 3 aromatic heterocycles. The number of ether oxygens (including phenoxy) is 1. The molecule has 2 saturated heterocycles. The smallest absolute Gasteiger partial charge is 0.259 e. The number of rotatable bonds is 8. The van der Waals surface area contributed by atoms with E-state index in [2.05, 4.69) is 35.2 Å². The van der Waals surface area contributed by atoms with Gasteiger partial charge in [0, 0.05) is 58.2 Å². The van der Waals surface area contributed by atoms with E-state index in [-0.39, 0.29) is 17.9 Å². The van der Waals surface area contributed by atoms with Gasteiger partial charge in [0.2, 0.25) is 17.7 Å². The van der Waals surface area contributed by atoms with Crippen LogP contribution in [0, 0.1) is 5.82 Å². The molecule has 206 valence electrons. The lowest BCUT2D eigenvalue weighted by atomic mass is 10.2. The third-order valence-electron chi connectivity index (χ3n) is 6.96. The number of nitrogens with zero attached hydrogens (tertiary/aromatic N) is 7. The Morgan fingerprint density at radius 1 is 1.13 bits per heavy atom. The number of hydrogen-bond acceptors (Lipinski definition) is 11. The molecule has 0 amide bonds. The van der Waals surface area contributed by atoms with Gasteiger partial charge in [-0.2, -0.15) is 19.5 Å². The van der Waals surface area contributed by atoms with E-state index in [0.717, 1.165) is 45.6 Å². The molecule has 0 spiro atoms. The van der Waals surface area contributed by atoms with Crippen LogP contribution in [0.2, 0.25) is 0 Å². The number of aromatic nitrogens is 5. The fourth-order valence-electron chi connectivity index (χ4n) is 4.83. The first-order chi connectivity index (χ1) is 19.0. The Balaban J connectivity index is 0.985. The van der Waals surface area contributed by atoms with Gasteiger partial charge in [-0.15, -0.1) is 5.10 Å². The average Bonchev–Trinajstić information content (AvgIpc) is 3.61. The second kappa shape index (κ2) is 11.2. The fourth-order valence-corrected chi connectivity index (χ4v) is 6.09. The number of halogens is 1. The van der Waals surface area contributed by atoms with Crippen LogP contribution in [0.25, 0.3) is 17.4 Å². The zero-order valence-electron chi connectivity index (χ0n) is 21.3. The highest BCUT2D eigenvalue weighted by Gasteiger charge is 2.24. The summed E-state index contributed by atoms with van der Waals surface area (Å²) >= 11 is -0.744. The van der Waals surface area contributed by atoms with Crippen molar-refractivity contribution in [3.63, 3.8) is 0 Å². The van der Waals surface area contributed by atoms with E-state index in [0.29, 0.717) is 52.8 Å². The van der Waals surface area contributed by atoms with Crippen LogP contribution < -0.4 is 20.7 Å². The normalized spacial score (nSPS) is 20.4. The van der Waals surface area contributed by atoms with E-state index >= 15 is 0 Å². The third kappa shape index (κ3) is 5.87. The molecule has 5 heterocycles. The Bertz CT molecular complexity index is 1400. The molecular weight excluding hydrogens is 525 g/mol. The van der Waals surface area contributed by atoms with E-state index in [4.69, 9.17) is 14.9 Å². The van der Waals surface area contributed by atoms with Crippen LogP contribution in [0.15, 0.2) is 41.0 Å². The Kier molecular flexibility index (Phi) is 7.39. The number of nitrogens with two attached hydrogens (primary N) is 1. The van der Waals surface area contributed by atoms with Crippen LogP contribution in [0.3, 0.4) is 0 Å². The van der Waals surface area contributed by atoms with Gasteiger partial charge in [-0.05, 0) is 24.3 Å². The minimum atomic E-state index is -0.744. The number of furan rings is 1. The molecule has 2 aliphatic rings. The monoisotopic (exact) mass is 555 g/mol. The average molecular weight is 556 g/mol. The second-order valence-electron chi connectivity index (χ2n) is 9.56. The highest BCUT2D eigenvalue weighted by molar-refractivity contribution is 7.91. The molecule has 2 aliphatic heterocycles. The molecule has 0 radical (unpaired) electrons. The Morgan fingerprint density at radius 2 is 1.95 bits per heavy atom. The van der Waals surface area contributed by atoms with Gasteiger partial charge in [0.15, 0.2) is 5.76 Å². The third-order valence-corrected chi connectivity index (χ3v) is 8.34. The zero-order chi connectivity index (χ0) is 26.8. The van der Waals surface area contributed by atoms with Gasteiger partial charge in [-0.3, -0.25) is 4.90 Å². The van der Waals surface area contributed by atoms with E-state index in [1.54, 1.807) is 24.5 Å². The summed E-state index contributed by atoms with van der Waals surface area (Å²) in [5, 5.41) is 7.51. The van der Waals surface area contributed by atoms with Crippen molar-refractivity contribution in [2.45, 2.75) is 18.9 Å². The SMILES string of the molecule is Nc1nc(NCCN2CCN(c3ccc(O[C@H]4CC[S@+]([O-])CC4)cc3F)CC2)nc2nc(-c3ccco3)nn12. The summed E-state index contributed by atoms with van der Waals surface area (Å²) in [5.74, 6) is 3.35. The molecule has 0 bridgehead atoms. The first-order valence-corrected chi connectivity index (χ1v) is 14.5. The standard InChI is InChI=1S/C25H30FN9O3S/c26-19-16-18(38-17-5-14-39(36)15-6-17)3-4-20(19)34-11-9-33(10-12-34)8-7-28-24-30-23(27)35-25(31-24)29-22(32-35)21-2-1-13-37-21/h1-4,13,16-17H,5-12,14-15H2,(H3,27,28,29,30,31,32)/t17-,39-. The summed E-state index contributed by atoms with van der Waals surface area (Å²) in [6, 6.07) is 8.61. The predicted octanol–water partition coefficient (Wildman–Crippen LogP) is 2.02. The molecule has 39 heavy (non-hydrogen) atoms. The van der Waals surface area contributed by atoms with E-state index in [1.807, 2.05) is 6.07 Å². The van der Waals surface area contributed by atoms with Gasteiger partial charge >= 0.3 is 0 Å². The van der Waals surface area contributed by atoms with Crippen molar-refractivity contribution in [1.82, 2.24) is 29.5 Å². The van der Waals surface area contributed by atoms with Gasteiger partial charge in [-0.25, -0.2) is 4.39 Å². The predicted molar refractivity (Wildman–Crippen MR) is 146 cm³/mol. The minimum Gasteiger partial charge on any atom is -0.616 e. The van der Waals surface area contributed by atoms with Crippen molar-refractivity contribution in [2.75, 3.05) is 66.7 Å². The maximum atomic E-state index is 14.9.